The zero-order valence-corrected chi connectivity index (χ0v) is 21.0. The number of phenols is 3. The van der Waals surface area contributed by atoms with Crippen molar-refractivity contribution in [1.29, 1.82) is 0 Å². The Balaban J connectivity index is 1.36. The molecule has 41 heavy (non-hydrogen) atoms. The molecule has 9 atom stereocenters. The van der Waals surface area contributed by atoms with Crippen LogP contribution in [0.1, 0.15) is 0 Å². The molecular weight excluding hydrogens is 552 g/mol. The van der Waals surface area contributed by atoms with E-state index in [0.29, 0.717) is 0 Å². The van der Waals surface area contributed by atoms with Crippen LogP contribution in [0.15, 0.2) is 45.6 Å². The molecule has 0 amide bonds. The highest BCUT2D eigenvalue weighted by molar-refractivity contribution is 5.86. The molecule has 3 heterocycles. The van der Waals surface area contributed by atoms with Crippen molar-refractivity contribution in [2.75, 3.05) is 13.2 Å². The summed E-state index contributed by atoms with van der Waals surface area (Å²) in [7, 11) is 0. The van der Waals surface area contributed by atoms with Crippen LogP contribution in [0.5, 0.6) is 23.0 Å². The summed E-state index contributed by atoms with van der Waals surface area (Å²) < 4.78 is 27.4. The van der Waals surface area contributed by atoms with Gasteiger partial charge in [0.05, 0.1) is 13.2 Å². The topological polar surface area (TPSA) is 249 Å². The molecule has 2 aliphatic heterocycles. The van der Waals surface area contributed by atoms with Gasteiger partial charge in [-0.3, -0.25) is 4.79 Å². The first-order valence-electron chi connectivity index (χ1n) is 12.4. The minimum absolute atomic E-state index is 0.0104. The number of aliphatic hydroxyl groups is 6. The zero-order valence-electron chi connectivity index (χ0n) is 21.0. The smallest absolute Gasteiger partial charge is 0.229 e. The number of hydrogen-bond acceptors (Lipinski definition) is 15. The number of aromatic hydroxyl groups is 3. The maximum atomic E-state index is 12.7. The van der Waals surface area contributed by atoms with Crippen LogP contribution < -0.4 is 10.2 Å². The van der Waals surface area contributed by atoms with Gasteiger partial charge < -0.3 is 69.3 Å². The standard InChI is InChI=1S/C26H28O15/c27-11-2-1-9(3-12(11)28)16-6-14(30)19-13(29)4-10(5-17(19)40-16)39-26-24(36)22(34)21(33)18(41-26)8-38-25-23(35)20(32)15(31)7-37-25/h1-6,15,18,20-29,31-36H,7-8H2/t15-,18-,20-,21-,22+,23+,24-,25-,26-/m1/s1. The van der Waals surface area contributed by atoms with E-state index in [2.05, 4.69) is 0 Å². The number of fused-ring (bicyclic) bond motifs is 1. The van der Waals surface area contributed by atoms with E-state index in [1.54, 1.807) is 0 Å². The Morgan fingerprint density at radius 2 is 1.51 bits per heavy atom. The van der Waals surface area contributed by atoms with Crippen LogP contribution in [0.3, 0.4) is 0 Å². The van der Waals surface area contributed by atoms with Crippen molar-refractivity contribution < 1.29 is 69.3 Å². The van der Waals surface area contributed by atoms with Crippen LogP contribution in [-0.2, 0) is 14.2 Å². The molecule has 0 unspecified atom stereocenters. The largest absolute Gasteiger partial charge is 0.507 e. The molecule has 0 saturated carbocycles. The lowest BCUT2D eigenvalue weighted by molar-refractivity contribution is -0.307. The van der Waals surface area contributed by atoms with E-state index in [4.69, 9.17) is 23.4 Å². The van der Waals surface area contributed by atoms with Gasteiger partial charge in [0.25, 0.3) is 0 Å². The van der Waals surface area contributed by atoms with Crippen LogP contribution in [-0.4, -0.2) is 114 Å². The van der Waals surface area contributed by atoms with Crippen LogP contribution in [0.4, 0.5) is 0 Å². The molecule has 0 radical (unpaired) electrons. The van der Waals surface area contributed by atoms with E-state index < -0.39 is 78.8 Å². The van der Waals surface area contributed by atoms with Gasteiger partial charge in [-0.25, -0.2) is 0 Å². The Hall–Kier alpha value is -3.51. The molecule has 2 aromatic carbocycles. The molecular formula is C26H28O15. The number of hydrogen-bond donors (Lipinski definition) is 9. The summed E-state index contributed by atoms with van der Waals surface area (Å²) in [6, 6.07) is 7.08. The number of aliphatic hydroxyl groups excluding tert-OH is 6. The Morgan fingerprint density at radius 1 is 0.780 bits per heavy atom. The highest BCUT2D eigenvalue weighted by Crippen LogP contribution is 2.35. The van der Waals surface area contributed by atoms with Crippen molar-refractivity contribution in [1.82, 2.24) is 0 Å². The second-order valence-corrected chi connectivity index (χ2v) is 9.71. The Morgan fingerprint density at radius 3 is 2.24 bits per heavy atom. The van der Waals surface area contributed by atoms with Crippen molar-refractivity contribution >= 4 is 11.0 Å². The minimum Gasteiger partial charge on any atom is -0.507 e. The molecule has 15 nitrogen and oxygen atoms in total. The molecule has 0 bridgehead atoms. The number of rotatable bonds is 6. The van der Waals surface area contributed by atoms with Gasteiger partial charge in [0, 0.05) is 23.8 Å². The average molecular weight is 580 g/mol. The molecule has 1 aromatic heterocycles. The predicted octanol–water partition coefficient (Wildman–Crippen LogP) is -1.78. The third kappa shape index (κ3) is 5.67. The first-order chi connectivity index (χ1) is 19.4. The summed E-state index contributed by atoms with van der Waals surface area (Å²) in [5.41, 5.74) is -0.539. The van der Waals surface area contributed by atoms with Crippen LogP contribution in [0, 0.1) is 0 Å². The summed E-state index contributed by atoms with van der Waals surface area (Å²) in [4.78, 5) is 12.7. The van der Waals surface area contributed by atoms with Crippen LogP contribution in [0.25, 0.3) is 22.3 Å². The van der Waals surface area contributed by atoms with Crippen molar-refractivity contribution in [3.8, 4) is 34.3 Å². The fraction of sp³-hybridized carbons (Fsp3) is 0.423. The number of benzene rings is 2. The first-order valence-corrected chi connectivity index (χ1v) is 12.4. The van der Waals surface area contributed by atoms with Gasteiger partial charge in [-0.15, -0.1) is 0 Å². The highest BCUT2D eigenvalue weighted by atomic mass is 16.7. The van der Waals surface area contributed by atoms with Crippen molar-refractivity contribution in [2.24, 2.45) is 0 Å². The van der Waals surface area contributed by atoms with Crippen molar-refractivity contribution in [2.45, 2.75) is 55.3 Å². The van der Waals surface area contributed by atoms with Gasteiger partial charge in [0.15, 0.2) is 23.2 Å². The molecule has 2 fully saturated rings. The quantitative estimate of drug-likeness (QED) is 0.146. The third-order valence-corrected chi connectivity index (χ3v) is 6.84. The minimum atomic E-state index is -1.79. The molecule has 2 aliphatic rings. The second kappa shape index (κ2) is 11.4. The van der Waals surface area contributed by atoms with Gasteiger partial charge in [-0.05, 0) is 18.2 Å². The van der Waals surface area contributed by atoms with E-state index in [-0.39, 0.29) is 40.4 Å². The van der Waals surface area contributed by atoms with Crippen molar-refractivity contribution in [3.05, 3.63) is 46.6 Å². The SMILES string of the molecule is O=c1cc(-c2ccc(O)c(O)c2)oc2cc(O[C@@H]3O[C@H](CO[C@H]4OC[C@@H](O)[C@@H](O)[C@@H]4O)[C@@H](O)[C@H](O)[C@H]3O)cc(O)c12. The van der Waals surface area contributed by atoms with Crippen LogP contribution in [0.2, 0.25) is 0 Å². The molecule has 222 valence electrons. The van der Waals surface area contributed by atoms with Crippen molar-refractivity contribution in [3.63, 3.8) is 0 Å². The molecule has 5 rings (SSSR count). The Labute approximate surface area is 230 Å². The van der Waals surface area contributed by atoms with Gasteiger partial charge >= 0.3 is 0 Å². The van der Waals surface area contributed by atoms with Gasteiger partial charge in [-0.1, -0.05) is 0 Å². The van der Waals surface area contributed by atoms with E-state index in [1.807, 2.05) is 0 Å². The second-order valence-electron chi connectivity index (χ2n) is 9.71. The third-order valence-electron chi connectivity index (χ3n) is 6.84. The first kappa shape index (κ1) is 29.0. The Bertz CT molecular complexity index is 1460. The lowest BCUT2D eigenvalue weighted by Gasteiger charge is -2.41. The number of ether oxygens (including phenoxy) is 4. The van der Waals surface area contributed by atoms with Crippen LogP contribution >= 0.6 is 0 Å². The predicted molar refractivity (Wildman–Crippen MR) is 134 cm³/mol. The Kier molecular flexibility index (Phi) is 8.06. The lowest BCUT2D eigenvalue weighted by Crippen LogP contribution is -2.61. The molecule has 3 aromatic rings. The average Bonchev–Trinajstić information content (AvgIpc) is 2.93. The molecule has 0 aliphatic carbocycles. The maximum absolute atomic E-state index is 12.7. The monoisotopic (exact) mass is 580 g/mol. The maximum Gasteiger partial charge on any atom is 0.229 e. The zero-order chi connectivity index (χ0) is 29.6. The van der Waals surface area contributed by atoms with E-state index >= 15 is 0 Å². The molecule has 0 spiro atoms. The van der Waals surface area contributed by atoms with E-state index in [9.17, 15) is 50.8 Å². The lowest BCUT2D eigenvalue weighted by atomic mass is 9.99. The molecule has 15 heteroatoms. The van der Waals surface area contributed by atoms with Gasteiger partial charge in [0.1, 0.15) is 71.0 Å². The van der Waals surface area contributed by atoms with Gasteiger partial charge in [-0.2, -0.15) is 0 Å². The normalized spacial score (nSPS) is 32.2. The van der Waals surface area contributed by atoms with Gasteiger partial charge in [0.2, 0.25) is 6.29 Å². The highest BCUT2D eigenvalue weighted by Gasteiger charge is 2.46. The van der Waals surface area contributed by atoms with E-state index in [0.717, 1.165) is 12.1 Å². The summed E-state index contributed by atoms with van der Waals surface area (Å²) in [5, 5.41) is 90.3. The summed E-state index contributed by atoms with van der Waals surface area (Å²) in [6.07, 6.45) is -14.1. The number of phenolic OH excluding ortho intramolecular Hbond substituents is 3. The summed E-state index contributed by atoms with van der Waals surface area (Å²) >= 11 is 0. The fourth-order valence-electron chi connectivity index (χ4n) is 4.53. The molecule has 9 N–H and O–H groups in total. The summed E-state index contributed by atoms with van der Waals surface area (Å²) in [5.74, 6) is -1.55. The summed E-state index contributed by atoms with van der Waals surface area (Å²) in [6.45, 7) is -0.836. The van der Waals surface area contributed by atoms with E-state index in [1.165, 1.54) is 24.3 Å². The molecule has 2 saturated heterocycles. The fourth-order valence-corrected chi connectivity index (χ4v) is 4.53.